The van der Waals surface area contributed by atoms with Gasteiger partial charge in [-0.15, -0.1) is 11.3 Å². The summed E-state index contributed by atoms with van der Waals surface area (Å²) in [5.41, 5.74) is 0. The molecule has 0 fully saturated rings. The number of nitrogens with zero attached hydrogens (tertiary/aromatic N) is 2. The van der Waals surface area contributed by atoms with Crippen LogP contribution in [0.15, 0.2) is 27.3 Å². The van der Waals surface area contributed by atoms with E-state index in [1.165, 1.54) is 17.7 Å². The van der Waals surface area contributed by atoms with Crippen molar-refractivity contribution in [3.8, 4) is 0 Å². The Hall–Kier alpha value is -1.29. The van der Waals surface area contributed by atoms with E-state index in [-0.39, 0.29) is 6.54 Å². The Morgan fingerprint density at radius 3 is 2.86 bits per heavy atom. The maximum Gasteiger partial charge on any atom is 0.250 e. The van der Waals surface area contributed by atoms with Crippen LogP contribution in [0.2, 0.25) is 0 Å². The minimum absolute atomic E-state index is 0.235. The van der Waals surface area contributed by atoms with E-state index in [1.807, 2.05) is 19.9 Å². The Morgan fingerprint density at radius 2 is 2.19 bits per heavy atom. The van der Waals surface area contributed by atoms with E-state index in [0.717, 1.165) is 4.88 Å². The summed E-state index contributed by atoms with van der Waals surface area (Å²) in [5.74, 6) is 0.478. The van der Waals surface area contributed by atoms with Gasteiger partial charge in [0.2, 0.25) is 16.4 Å². The van der Waals surface area contributed by atoms with Crippen LogP contribution in [0, 0.1) is 0 Å². The number of aromatic nitrogens is 2. The van der Waals surface area contributed by atoms with Gasteiger partial charge in [0, 0.05) is 30.4 Å². The summed E-state index contributed by atoms with van der Waals surface area (Å²) < 4.78 is 31.7. The molecule has 7 nitrogen and oxygen atoms in total. The molecule has 0 amide bonds. The van der Waals surface area contributed by atoms with E-state index in [1.54, 1.807) is 6.07 Å². The highest BCUT2D eigenvalue weighted by Crippen LogP contribution is 2.21. The Bertz CT molecular complexity index is 650. The summed E-state index contributed by atoms with van der Waals surface area (Å²) in [4.78, 5) is 4.82. The van der Waals surface area contributed by atoms with Crippen molar-refractivity contribution in [1.29, 1.82) is 0 Å². The first-order chi connectivity index (χ1) is 9.97. The molecule has 0 aliphatic heterocycles. The molecule has 0 atom stereocenters. The van der Waals surface area contributed by atoms with Gasteiger partial charge in [0.1, 0.15) is 4.21 Å². The van der Waals surface area contributed by atoms with E-state index in [9.17, 15) is 8.42 Å². The molecule has 0 bridgehead atoms. The third-order valence-corrected chi connectivity index (χ3v) is 5.67. The zero-order chi connectivity index (χ0) is 15.3. The van der Waals surface area contributed by atoms with Crippen LogP contribution in [0.25, 0.3) is 0 Å². The molecule has 0 aliphatic rings. The van der Waals surface area contributed by atoms with E-state index in [4.69, 9.17) is 0 Å². The van der Waals surface area contributed by atoms with Gasteiger partial charge in [0.05, 0.1) is 0 Å². The smallest absolute Gasteiger partial charge is 0.250 e. The summed E-state index contributed by atoms with van der Waals surface area (Å²) in [6.45, 7) is 5.00. The van der Waals surface area contributed by atoms with Crippen LogP contribution < -0.4 is 10.0 Å². The second-order valence-corrected chi connectivity index (χ2v) is 7.91. The normalized spacial score (nSPS) is 12.1. The molecule has 0 radical (unpaired) electrons. The van der Waals surface area contributed by atoms with E-state index >= 15 is 0 Å². The number of hydrogen-bond donors (Lipinski definition) is 2. The first-order valence-corrected chi connectivity index (χ1v) is 8.84. The number of hydrogen-bond acceptors (Lipinski definition) is 7. The number of nitrogens with one attached hydrogen (secondary N) is 2. The topological polar surface area (TPSA) is 97.1 Å². The Balaban J connectivity index is 1.89. The van der Waals surface area contributed by atoms with Crippen LogP contribution in [0.5, 0.6) is 0 Å². The predicted octanol–water partition coefficient (Wildman–Crippen LogP) is 1.15. The van der Waals surface area contributed by atoms with Crippen molar-refractivity contribution in [3.63, 3.8) is 0 Å². The van der Waals surface area contributed by atoms with Gasteiger partial charge in [-0.25, -0.2) is 13.1 Å². The minimum atomic E-state index is -3.48. The molecule has 21 heavy (non-hydrogen) atoms. The lowest BCUT2D eigenvalue weighted by atomic mass is 10.4. The fourth-order valence-electron chi connectivity index (χ4n) is 1.57. The van der Waals surface area contributed by atoms with Crippen LogP contribution in [0.1, 0.15) is 24.5 Å². The van der Waals surface area contributed by atoms with Gasteiger partial charge < -0.3 is 9.84 Å². The SMILES string of the molecule is CC(C)NCc1ccc(S(=O)(=O)NCCc2ncon2)s1. The van der Waals surface area contributed by atoms with Gasteiger partial charge in [0.15, 0.2) is 5.82 Å². The lowest BCUT2D eigenvalue weighted by Crippen LogP contribution is -2.25. The van der Waals surface area contributed by atoms with Gasteiger partial charge in [-0.1, -0.05) is 19.0 Å². The van der Waals surface area contributed by atoms with Gasteiger partial charge in [-0.3, -0.25) is 0 Å². The first kappa shape index (κ1) is 16.1. The third kappa shape index (κ3) is 4.88. The number of sulfonamides is 1. The zero-order valence-corrected chi connectivity index (χ0v) is 13.5. The molecule has 2 aromatic heterocycles. The van der Waals surface area contributed by atoms with Crippen LogP contribution >= 0.6 is 11.3 Å². The average Bonchev–Trinajstić information content (AvgIpc) is 3.07. The van der Waals surface area contributed by atoms with Gasteiger partial charge in [-0.05, 0) is 12.1 Å². The molecule has 0 unspecified atom stereocenters. The van der Waals surface area contributed by atoms with Crippen molar-refractivity contribution >= 4 is 21.4 Å². The zero-order valence-electron chi connectivity index (χ0n) is 11.9. The molecule has 0 saturated carbocycles. The fraction of sp³-hybridized carbons (Fsp3) is 0.500. The van der Waals surface area contributed by atoms with Crippen molar-refractivity contribution in [2.45, 2.75) is 37.1 Å². The lowest BCUT2D eigenvalue weighted by molar-refractivity contribution is 0.410. The first-order valence-electron chi connectivity index (χ1n) is 6.54. The number of thiophene rings is 1. The molecular formula is C12H18N4O3S2. The van der Waals surface area contributed by atoms with Crippen LogP contribution in [-0.2, 0) is 23.0 Å². The monoisotopic (exact) mass is 330 g/mol. The third-order valence-electron chi connectivity index (χ3n) is 2.63. The molecule has 0 aromatic carbocycles. The maximum absolute atomic E-state index is 12.1. The van der Waals surface area contributed by atoms with Crippen molar-refractivity contribution in [3.05, 3.63) is 29.2 Å². The summed E-state index contributed by atoms with van der Waals surface area (Å²) in [6.07, 6.45) is 1.61. The molecule has 0 aliphatic carbocycles. The highest BCUT2D eigenvalue weighted by molar-refractivity contribution is 7.91. The van der Waals surface area contributed by atoms with Crippen LogP contribution in [0.4, 0.5) is 0 Å². The maximum atomic E-state index is 12.1. The Morgan fingerprint density at radius 1 is 1.38 bits per heavy atom. The summed E-state index contributed by atoms with van der Waals surface area (Å²) in [6, 6.07) is 3.81. The Labute approximate surface area is 127 Å². The molecular weight excluding hydrogens is 312 g/mol. The van der Waals surface area contributed by atoms with Crippen molar-refractivity contribution in [1.82, 2.24) is 20.2 Å². The lowest BCUT2D eigenvalue weighted by Gasteiger charge is -2.05. The van der Waals surface area contributed by atoms with Crippen molar-refractivity contribution in [2.24, 2.45) is 0 Å². The summed E-state index contributed by atoms with van der Waals surface area (Å²) in [5, 5.41) is 6.88. The fourth-order valence-corrected chi connectivity index (χ4v) is 3.96. The standard InChI is InChI=1S/C12H18N4O3S2/c1-9(2)13-7-10-3-4-12(20-10)21(17,18)15-6-5-11-14-8-19-16-11/h3-4,8-9,13,15H,5-7H2,1-2H3. The van der Waals surface area contributed by atoms with E-state index in [0.29, 0.717) is 29.0 Å². The molecule has 2 aromatic rings. The number of rotatable bonds is 8. The van der Waals surface area contributed by atoms with Crippen LogP contribution in [0.3, 0.4) is 0 Å². The van der Waals surface area contributed by atoms with E-state index in [2.05, 4.69) is 24.7 Å². The van der Waals surface area contributed by atoms with E-state index < -0.39 is 10.0 Å². The summed E-state index contributed by atoms with van der Waals surface area (Å²) >= 11 is 1.27. The quantitative estimate of drug-likeness (QED) is 0.753. The molecule has 116 valence electrons. The molecule has 0 saturated heterocycles. The van der Waals surface area contributed by atoms with Crippen LogP contribution in [-0.4, -0.2) is 31.1 Å². The molecule has 2 rings (SSSR count). The second-order valence-electron chi connectivity index (χ2n) is 4.75. The second kappa shape index (κ2) is 7.12. The van der Waals surface area contributed by atoms with Crippen molar-refractivity contribution < 1.29 is 12.9 Å². The average molecular weight is 330 g/mol. The van der Waals surface area contributed by atoms with Gasteiger partial charge in [0.25, 0.3) is 0 Å². The van der Waals surface area contributed by atoms with Gasteiger partial charge >= 0.3 is 0 Å². The largest absolute Gasteiger partial charge is 0.343 e. The predicted molar refractivity (Wildman–Crippen MR) is 79.5 cm³/mol. The Kier molecular flexibility index (Phi) is 5.45. The van der Waals surface area contributed by atoms with Crippen molar-refractivity contribution in [2.75, 3.05) is 6.54 Å². The molecule has 2 N–H and O–H groups in total. The van der Waals surface area contributed by atoms with Gasteiger partial charge in [-0.2, -0.15) is 4.98 Å². The highest BCUT2D eigenvalue weighted by Gasteiger charge is 2.16. The minimum Gasteiger partial charge on any atom is -0.343 e. The highest BCUT2D eigenvalue weighted by atomic mass is 32.2. The molecule has 2 heterocycles. The summed E-state index contributed by atoms with van der Waals surface area (Å²) in [7, 11) is -3.48. The molecule has 9 heteroatoms. The molecule has 0 spiro atoms.